The number of nitrogens with one attached hydrogen (secondary N) is 2. The molecule has 2 amide bonds. The molecule has 7 nitrogen and oxygen atoms in total. The predicted molar refractivity (Wildman–Crippen MR) is 131 cm³/mol. The molecule has 0 bridgehead atoms. The Hall–Kier alpha value is -3.07. The summed E-state index contributed by atoms with van der Waals surface area (Å²) in [5.74, 6) is -6.15. The molecule has 4 rings (SSSR count). The van der Waals surface area contributed by atoms with E-state index in [1.54, 1.807) is 29.7 Å². The standard InChI is InChI=1S/C26H28ClF2N3O4/c1-5-19(33)25(11-26(28,29)12-25)31-24(36)22(34)20-15(4)21(32-14(3)7-9-18(20)32)23(35)30-16-8-6-13(2)17(27)10-16/h6,8,10,14H,5,7,9,11-12H2,1-4H3,(H,30,35)(H,31,36). The second kappa shape index (κ2) is 9.10. The van der Waals surface area contributed by atoms with Crippen LogP contribution in [0, 0.1) is 13.8 Å². The molecule has 1 saturated carbocycles. The minimum atomic E-state index is -3.08. The van der Waals surface area contributed by atoms with E-state index in [1.807, 2.05) is 13.8 Å². The van der Waals surface area contributed by atoms with E-state index in [2.05, 4.69) is 10.6 Å². The van der Waals surface area contributed by atoms with Crippen LogP contribution in [-0.2, 0) is 16.0 Å². The third-order valence-corrected chi connectivity index (χ3v) is 7.60. The van der Waals surface area contributed by atoms with Crippen molar-refractivity contribution in [3.63, 3.8) is 0 Å². The van der Waals surface area contributed by atoms with Crippen LogP contribution in [0.15, 0.2) is 18.2 Å². The third kappa shape index (κ3) is 4.34. The average Bonchev–Trinajstić information content (AvgIpc) is 3.29. The summed E-state index contributed by atoms with van der Waals surface area (Å²) in [4.78, 5) is 52.0. The van der Waals surface area contributed by atoms with Crippen molar-refractivity contribution in [2.45, 2.75) is 77.3 Å². The van der Waals surface area contributed by atoms with Gasteiger partial charge >= 0.3 is 0 Å². The van der Waals surface area contributed by atoms with E-state index < -0.39 is 47.7 Å². The lowest BCUT2D eigenvalue weighted by Gasteiger charge is -2.46. The zero-order valence-corrected chi connectivity index (χ0v) is 21.3. The first-order chi connectivity index (χ1) is 16.8. The lowest BCUT2D eigenvalue weighted by atomic mass is 9.69. The van der Waals surface area contributed by atoms with Crippen LogP contribution in [0.4, 0.5) is 14.5 Å². The molecule has 0 spiro atoms. The van der Waals surface area contributed by atoms with Crippen molar-refractivity contribution in [2.24, 2.45) is 0 Å². The molecule has 1 atom stereocenters. The maximum atomic E-state index is 13.7. The van der Waals surface area contributed by atoms with Gasteiger partial charge in [0.2, 0.25) is 0 Å². The Bertz CT molecular complexity index is 1290. The molecule has 36 heavy (non-hydrogen) atoms. The Kier molecular flexibility index (Phi) is 6.58. The molecule has 192 valence electrons. The fourth-order valence-electron chi connectivity index (χ4n) is 5.33. The van der Waals surface area contributed by atoms with Crippen LogP contribution in [0.1, 0.15) is 83.2 Å². The Morgan fingerprint density at radius 1 is 1.17 bits per heavy atom. The van der Waals surface area contributed by atoms with Gasteiger partial charge in [0, 0.05) is 41.7 Å². The van der Waals surface area contributed by atoms with Gasteiger partial charge in [0.1, 0.15) is 11.2 Å². The summed E-state index contributed by atoms with van der Waals surface area (Å²) in [5.41, 5.74) is 0.772. The summed E-state index contributed by atoms with van der Waals surface area (Å²) in [6, 6.07) is 5.01. The largest absolute Gasteiger partial charge is 0.337 e. The smallest absolute Gasteiger partial charge is 0.293 e. The molecular weight excluding hydrogens is 492 g/mol. The molecule has 10 heteroatoms. The van der Waals surface area contributed by atoms with Crippen LogP contribution < -0.4 is 10.6 Å². The maximum absolute atomic E-state index is 13.7. The van der Waals surface area contributed by atoms with Crippen LogP contribution in [0.25, 0.3) is 0 Å². The van der Waals surface area contributed by atoms with Crippen molar-refractivity contribution >= 4 is 40.7 Å². The minimum Gasteiger partial charge on any atom is -0.337 e. The highest BCUT2D eigenvalue weighted by Crippen LogP contribution is 2.46. The Morgan fingerprint density at radius 2 is 1.83 bits per heavy atom. The van der Waals surface area contributed by atoms with Crippen LogP contribution >= 0.6 is 11.6 Å². The first-order valence-corrected chi connectivity index (χ1v) is 12.3. The highest BCUT2D eigenvalue weighted by Gasteiger charge is 2.61. The number of carbonyl (C=O) groups excluding carboxylic acids is 4. The van der Waals surface area contributed by atoms with Gasteiger partial charge in [0.05, 0.1) is 5.56 Å². The normalized spacial score (nSPS) is 19.2. The van der Waals surface area contributed by atoms with Gasteiger partial charge in [0.25, 0.3) is 23.5 Å². The van der Waals surface area contributed by atoms with E-state index in [1.165, 1.54) is 6.92 Å². The van der Waals surface area contributed by atoms with Crippen molar-refractivity contribution in [1.82, 2.24) is 9.88 Å². The van der Waals surface area contributed by atoms with Crippen molar-refractivity contribution in [1.29, 1.82) is 0 Å². The number of amides is 2. The summed E-state index contributed by atoms with van der Waals surface area (Å²) in [6.45, 7) is 6.85. The Balaban J connectivity index is 1.66. The van der Waals surface area contributed by atoms with Crippen molar-refractivity contribution in [3.8, 4) is 0 Å². The van der Waals surface area contributed by atoms with E-state index >= 15 is 0 Å². The van der Waals surface area contributed by atoms with E-state index in [9.17, 15) is 28.0 Å². The van der Waals surface area contributed by atoms with E-state index in [0.717, 1.165) is 5.56 Å². The van der Waals surface area contributed by atoms with Crippen LogP contribution in [0.5, 0.6) is 0 Å². The average molecular weight is 520 g/mol. The van der Waals surface area contributed by atoms with E-state index in [-0.39, 0.29) is 23.7 Å². The summed E-state index contributed by atoms with van der Waals surface area (Å²) in [6.07, 6.45) is -0.573. The Labute approximate surface area is 212 Å². The number of benzene rings is 1. The zero-order valence-electron chi connectivity index (χ0n) is 20.6. The monoisotopic (exact) mass is 519 g/mol. The number of ketones is 2. The highest BCUT2D eigenvalue weighted by atomic mass is 35.5. The third-order valence-electron chi connectivity index (χ3n) is 7.20. The van der Waals surface area contributed by atoms with Gasteiger partial charge in [-0.15, -0.1) is 0 Å². The number of rotatable bonds is 7. The number of carbonyl (C=O) groups is 4. The van der Waals surface area contributed by atoms with Crippen molar-refractivity contribution in [3.05, 3.63) is 51.3 Å². The molecule has 1 unspecified atom stereocenters. The maximum Gasteiger partial charge on any atom is 0.293 e. The number of hydrogen-bond acceptors (Lipinski definition) is 4. The van der Waals surface area contributed by atoms with Crippen molar-refractivity contribution in [2.75, 3.05) is 5.32 Å². The number of anilines is 1. The van der Waals surface area contributed by atoms with Gasteiger partial charge in [-0.25, -0.2) is 8.78 Å². The fraction of sp³-hybridized carbons (Fsp3) is 0.462. The molecule has 0 saturated heterocycles. The number of aryl methyl sites for hydroxylation is 1. The number of halogens is 3. The van der Waals surface area contributed by atoms with E-state index in [0.29, 0.717) is 34.8 Å². The first-order valence-electron chi connectivity index (χ1n) is 11.9. The van der Waals surface area contributed by atoms with Crippen LogP contribution in [0.3, 0.4) is 0 Å². The van der Waals surface area contributed by atoms with Crippen LogP contribution in [-0.4, -0.2) is 39.4 Å². The van der Waals surface area contributed by atoms with Crippen LogP contribution in [0.2, 0.25) is 5.02 Å². The molecule has 1 aromatic heterocycles. The first kappa shape index (κ1) is 26.0. The lowest BCUT2D eigenvalue weighted by molar-refractivity contribution is -0.163. The van der Waals surface area contributed by atoms with Gasteiger partial charge in [-0.2, -0.15) is 0 Å². The number of hydrogen-bond donors (Lipinski definition) is 2. The summed E-state index contributed by atoms with van der Waals surface area (Å²) < 4.78 is 29.1. The SMILES string of the molecule is CCC(=O)C1(NC(=O)C(=O)c2c(C)c(C(=O)Nc3ccc(C)c(Cl)c3)n3c2CCC3C)CC(F)(F)C1. The molecule has 2 aromatic rings. The van der Waals surface area contributed by atoms with Crippen molar-refractivity contribution < 1.29 is 28.0 Å². The number of aromatic nitrogens is 1. The fourth-order valence-corrected chi connectivity index (χ4v) is 5.51. The number of nitrogens with zero attached hydrogens (tertiary/aromatic N) is 1. The van der Waals surface area contributed by atoms with Gasteiger partial charge in [-0.3, -0.25) is 19.2 Å². The quantitative estimate of drug-likeness (QED) is 0.399. The molecule has 2 aliphatic rings. The molecular formula is C26H28ClF2N3O4. The molecule has 1 fully saturated rings. The number of fused-ring (bicyclic) bond motifs is 1. The number of alkyl halides is 2. The van der Waals surface area contributed by atoms with Gasteiger partial charge in [0.15, 0.2) is 5.78 Å². The van der Waals surface area contributed by atoms with E-state index in [4.69, 9.17) is 11.6 Å². The van der Waals surface area contributed by atoms with Gasteiger partial charge < -0.3 is 15.2 Å². The zero-order chi connectivity index (χ0) is 26.6. The summed E-state index contributed by atoms with van der Waals surface area (Å²) in [5, 5.41) is 5.60. The molecule has 2 N–H and O–H groups in total. The van der Waals surface area contributed by atoms with Gasteiger partial charge in [-0.05, 0) is 56.9 Å². The molecule has 1 aliphatic heterocycles. The lowest BCUT2D eigenvalue weighted by Crippen LogP contribution is -2.67. The topological polar surface area (TPSA) is 97.3 Å². The predicted octanol–water partition coefficient (Wildman–Crippen LogP) is 4.96. The molecule has 1 aliphatic carbocycles. The second-order valence-corrected chi connectivity index (χ2v) is 10.2. The molecule has 2 heterocycles. The van der Waals surface area contributed by atoms with Gasteiger partial charge in [-0.1, -0.05) is 24.6 Å². The molecule has 1 aromatic carbocycles. The summed E-state index contributed by atoms with van der Waals surface area (Å²) >= 11 is 6.18. The highest BCUT2D eigenvalue weighted by molar-refractivity contribution is 6.44. The minimum absolute atomic E-state index is 0.0456. The summed E-state index contributed by atoms with van der Waals surface area (Å²) in [7, 11) is 0. The number of Topliss-reactive ketones (excluding diaryl/α,β-unsaturated/α-hetero) is 2. The second-order valence-electron chi connectivity index (χ2n) is 9.82. The molecule has 0 radical (unpaired) electrons. The Morgan fingerprint density at radius 3 is 2.42 bits per heavy atom.